The van der Waals surface area contributed by atoms with Crippen LogP contribution in [-0.2, 0) is 11.2 Å². The van der Waals surface area contributed by atoms with Crippen molar-refractivity contribution in [1.29, 1.82) is 0 Å². The number of hydrogen-bond donors (Lipinski definition) is 1. The number of hydrogen-bond acceptors (Lipinski definition) is 3. The molecular weight excluding hydrogens is 380 g/mol. The third kappa shape index (κ3) is 3.92. The number of nitrogens with one attached hydrogen (secondary N) is 1. The number of benzene rings is 1. The number of carbonyl (C=O) groups excluding carboxylic acids is 1. The number of amides is 1. The van der Waals surface area contributed by atoms with Crippen molar-refractivity contribution in [3.05, 3.63) is 63.4 Å². The van der Waals surface area contributed by atoms with E-state index in [-0.39, 0.29) is 12.0 Å². The maximum atomic E-state index is 11.9. The minimum atomic E-state index is -0.168. The van der Waals surface area contributed by atoms with Crippen molar-refractivity contribution in [3.8, 4) is 5.75 Å². The van der Waals surface area contributed by atoms with E-state index in [1.807, 2.05) is 18.2 Å². The molecule has 1 aromatic carbocycles. The van der Waals surface area contributed by atoms with Gasteiger partial charge in [0.25, 0.3) is 0 Å². The van der Waals surface area contributed by atoms with Crippen molar-refractivity contribution in [2.75, 3.05) is 6.54 Å². The van der Waals surface area contributed by atoms with Gasteiger partial charge in [-0.05, 0) is 29.8 Å². The summed E-state index contributed by atoms with van der Waals surface area (Å²) in [6.45, 7) is 0.424. The first kappa shape index (κ1) is 16.0. The molecule has 118 valence electrons. The van der Waals surface area contributed by atoms with Gasteiger partial charge < -0.3 is 10.1 Å². The number of fused-ring (bicyclic) bond motifs is 1. The SMILES string of the molecule is O=C(C=Cc1cccnc1)NCC1Cc2c(Br)ccc(Cl)c2O1. The van der Waals surface area contributed by atoms with E-state index in [9.17, 15) is 4.79 Å². The van der Waals surface area contributed by atoms with Crippen LogP contribution in [-0.4, -0.2) is 23.5 Å². The summed E-state index contributed by atoms with van der Waals surface area (Å²) in [4.78, 5) is 15.9. The number of ether oxygens (including phenoxy) is 1. The average Bonchev–Trinajstić information content (AvgIpc) is 3.01. The van der Waals surface area contributed by atoms with E-state index in [4.69, 9.17) is 16.3 Å². The van der Waals surface area contributed by atoms with Crippen LogP contribution in [0.15, 0.2) is 47.2 Å². The fourth-order valence-corrected chi connectivity index (χ4v) is 3.06. The number of carbonyl (C=O) groups is 1. The molecule has 1 unspecified atom stereocenters. The quantitative estimate of drug-likeness (QED) is 0.807. The summed E-state index contributed by atoms with van der Waals surface area (Å²) in [5.41, 5.74) is 1.92. The van der Waals surface area contributed by atoms with Crippen LogP contribution in [0.3, 0.4) is 0 Å². The molecule has 0 bridgehead atoms. The second-order valence-corrected chi connectivity index (χ2v) is 6.41. The highest BCUT2D eigenvalue weighted by molar-refractivity contribution is 9.10. The molecule has 2 heterocycles. The maximum Gasteiger partial charge on any atom is 0.244 e. The molecule has 0 saturated heterocycles. The largest absolute Gasteiger partial charge is 0.486 e. The predicted molar refractivity (Wildman–Crippen MR) is 93.6 cm³/mol. The number of pyridine rings is 1. The molecule has 1 amide bonds. The number of aromatic nitrogens is 1. The van der Waals surface area contributed by atoms with Crippen molar-refractivity contribution >= 4 is 39.5 Å². The highest BCUT2D eigenvalue weighted by Gasteiger charge is 2.27. The molecule has 0 fully saturated rings. The summed E-state index contributed by atoms with van der Waals surface area (Å²) in [5, 5.41) is 3.43. The van der Waals surface area contributed by atoms with Gasteiger partial charge in [0.05, 0.1) is 11.6 Å². The number of rotatable bonds is 4. The minimum Gasteiger partial charge on any atom is -0.486 e. The lowest BCUT2D eigenvalue weighted by Crippen LogP contribution is -2.33. The lowest BCUT2D eigenvalue weighted by Gasteiger charge is -2.11. The smallest absolute Gasteiger partial charge is 0.244 e. The molecule has 1 atom stereocenters. The van der Waals surface area contributed by atoms with Crippen molar-refractivity contribution in [3.63, 3.8) is 0 Å². The number of nitrogens with zero attached hydrogens (tertiary/aromatic N) is 1. The van der Waals surface area contributed by atoms with Crippen LogP contribution in [0.25, 0.3) is 6.08 Å². The second kappa shape index (κ2) is 7.15. The molecule has 1 N–H and O–H groups in total. The Kier molecular flexibility index (Phi) is 4.98. The minimum absolute atomic E-state index is 0.114. The van der Waals surface area contributed by atoms with Crippen molar-refractivity contribution in [1.82, 2.24) is 10.3 Å². The van der Waals surface area contributed by atoms with Crippen molar-refractivity contribution in [2.24, 2.45) is 0 Å². The van der Waals surface area contributed by atoms with E-state index in [2.05, 4.69) is 26.2 Å². The van der Waals surface area contributed by atoms with Crippen molar-refractivity contribution in [2.45, 2.75) is 12.5 Å². The third-order valence-corrected chi connectivity index (χ3v) is 4.53. The molecule has 1 aliphatic heterocycles. The highest BCUT2D eigenvalue weighted by Crippen LogP contribution is 2.39. The van der Waals surface area contributed by atoms with Gasteiger partial charge in [0.15, 0.2) is 0 Å². The Morgan fingerprint density at radius 1 is 1.48 bits per heavy atom. The van der Waals surface area contributed by atoms with Crippen molar-refractivity contribution < 1.29 is 9.53 Å². The standard InChI is InChI=1S/C17H14BrClN2O2/c18-14-4-5-15(19)17-13(14)8-12(23-17)10-21-16(22)6-3-11-2-1-7-20-9-11/h1-7,9,12H,8,10H2,(H,21,22). The van der Waals surface area contributed by atoms with Crippen LogP contribution >= 0.6 is 27.5 Å². The molecule has 0 radical (unpaired) electrons. The van der Waals surface area contributed by atoms with Gasteiger partial charge in [-0.2, -0.15) is 0 Å². The normalized spacial score (nSPS) is 16.2. The molecule has 6 heteroatoms. The molecular formula is C17H14BrClN2O2. The molecule has 0 aliphatic carbocycles. The zero-order valence-corrected chi connectivity index (χ0v) is 14.5. The molecule has 0 saturated carbocycles. The number of halogens is 2. The average molecular weight is 394 g/mol. The Labute approximate surface area is 147 Å². The molecule has 1 aromatic heterocycles. The van der Waals surface area contributed by atoms with Gasteiger partial charge in [-0.1, -0.05) is 33.6 Å². The molecule has 4 nitrogen and oxygen atoms in total. The van der Waals surface area contributed by atoms with Gasteiger partial charge in [-0.3, -0.25) is 9.78 Å². The lowest BCUT2D eigenvalue weighted by atomic mass is 10.1. The molecule has 0 spiro atoms. The predicted octanol–water partition coefficient (Wildman–Crippen LogP) is 3.63. The summed E-state index contributed by atoms with van der Waals surface area (Å²) in [5.74, 6) is 0.532. The van der Waals surface area contributed by atoms with E-state index in [1.54, 1.807) is 24.5 Å². The van der Waals surface area contributed by atoms with Crippen LogP contribution in [0.2, 0.25) is 5.02 Å². The monoisotopic (exact) mass is 392 g/mol. The first-order valence-corrected chi connectivity index (χ1v) is 8.30. The van der Waals surface area contributed by atoms with E-state index < -0.39 is 0 Å². The fourth-order valence-electron chi connectivity index (χ4n) is 2.36. The van der Waals surface area contributed by atoms with Gasteiger partial charge in [-0.15, -0.1) is 0 Å². The molecule has 23 heavy (non-hydrogen) atoms. The zero-order chi connectivity index (χ0) is 16.2. The van der Waals surface area contributed by atoms with Gasteiger partial charge in [0.2, 0.25) is 5.91 Å². The first-order valence-electron chi connectivity index (χ1n) is 7.13. The molecule has 1 aliphatic rings. The Balaban J connectivity index is 1.54. The topological polar surface area (TPSA) is 51.2 Å². The van der Waals surface area contributed by atoms with E-state index in [0.717, 1.165) is 15.6 Å². The third-order valence-electron chi connectivity index (χ3n) is 3.49. The Morgan fingerprint density at radius 3 is 3.09 bits per heavy atom. The van der Waals surface area contributed by atoms with Gasteiger partial charge in [0.1, 0.15) is 11.9 Å². The maximum absolute atomic E-state index is 11.9. The fraction of sp³-hybridized carbons (Fsp3) is 0.176. The highest BCUT2D eigenvalue weighted by atomic mass is 79.9. The second-order valence-electron chi connectivity index (χ2n) is 5.15. The van der Waals surface area contributed by atoms with E-state index in [0.29, 0.717) is 23.7 Å². The van der Waals surface area contributed by atoms with Gasteiger partial charge >= 0.3 is 0 Å². The van der Waals surface area contributed by atoms with Crippen LogP contribution in [0.1, 0.15) is 11.1 Å². The Morgan fingerprint density at radius 2 is 2.35 bits per heavy atom. The summed E-state index contributed by atoms with van der Waals surface area (Å²) in [6.07, 6.45) is 7.19. The Bertz CT molecular complexity index is 719. The van der Waals surface area contributed by atoms with E-state index in [1.165, 1.54) is 6.08 Å². The Hall–Kier alpha value is -1.85. The summed E-state index contributed by atoms with van der Waals surface area (Å²) in [6, 6.07) is 7.40. The van der Waals surface area contributed by atoms with E-state index >= 15 is 0 Å². The zero-order valence-electron chi connectivity index (χ0n) is 12.1. The first-order chi connectivity index (χ1) is 11.1. The van der Waals surface area contributed by atoms with Crippen LogP contribution < -0.4 is 10.1 Å². The lowest BCUT2D eigenvalue weighted by molar-refractivity contribution is -0.116. The van der Waals surface area contributed by atoms with Crippen LogP contribution in [0.5, 0.6) is 5.75 Å². The van der Waals surface area contributed by atoms with Gasteiger partial charge in [-0.25, -0.2) is 0 Å². The molecule has 3 rings (SSSR count). The van der Waals surface area contributed by atoms with Gasteiger partial charge in [0, 0.05) is 34.9 Å². The summed E-state index contributed by atoms with van der Waals surface area (Å²) in [7, 11) is 0. The van der Waals surface area contributed by atoms with Crippen LogP contribution in [0, 0.1) is 0 Å². The molecule has 2 aromatic rings. The van der Waals surface area contributed by atoms with Crippen LogP contribution in [0.4, 0.5) is 0 Å². The summed E-state index contributed by atoms with van der Waals surface area (Å²) < 4.78 is 6.80. The summed E-state index contributed by atoms with van der Waals surface area (Å²) >= 11 is 9.63.